The highest BCUT2D eigenvalue weighted by atomic mass is 16.5. The van der Waals surface area contributed by atoms with E-state index in [0.29, 0.717) is 0 Å². The maximum Gasteiger partial charge on any atom is 0.0474 e. The number of methoxy groups -OCH3 is 1. The quantitative estimate of drug-likeness (QED) is 0.692. The second-order valence-corrected chi connectivity index (χ2v) is 5.48. The van der Waals surface area contributed by atoms with Gasteiger partial charge in [0.1, 0.15) is 0 Å². The highest BCUT2D eigenvalue weighted by Gasteiger charge is 2.38. The van der Waals surface area contributed by atoms with Gasteiger partial charge in [0.25, 0.3) is 0 Å². The van der Waals surface area contributed by atoms with Crippen molar-refractivity contribution in [2.75, 3.05) is 40.4 Å². The van der Waals surface area contributed by atoms with Gasteiger partial charge >= 0.3 is 0 Å². The summed E-state index contributed by atoms with van der Waals surface area (Å²) in [5.74, 6) is 1.95. The minimum atomic E-state index is 0.750. The molecule has 1 N–H and O–H groups in total. The first-order chi connectivity index (χ1) is 7.81. The Morgan fingerprint density at radius 2 is 2.25 bits per heavy atom. The van der Waals surface area contributed by atoms with Crippen molar-refractivity contribution in [2.24, 2.45) is 11.8 Å². The Kier molecular flexibility index (Phi) is 4.62. The van der Waals surface area contributed by atoms with Gasteiger partial charge in [0.2, 0.25) is 0 Å². The van der Waals surface area contributed by atoms with Crippen molar-refractivity contribution in [3.63, 3.8) is 0 Å². The number of fused-ring (bicyclic) bond motifs is 1. The van der Waals surface area contributed by atoms with Crippen LogP contribution in [0.4, 0.5) is 0 Å². The maximum atomic E-state index is 5.09. The van der Waals surface area contributed by atoms with E-state index in [0.717, 1.165) is 37.5 Å². The van der Waals surface area contributed by atoms with E-state index in [1.807, 2.05) is 0 Å². The summed E-state index contributed by atoms with van der Waals surface area (Å²) in [5, 5.41) is 3.71. The third-order valence-corrected chi connectivity index (χ3v) is 4.27. The molecule has 16 heavy (non-hydrogen) atoms. The monoisotopic (exact) mass is 226 g/mol. The van der Waals surface area contributed by atoms with E-state index in [1.165, 1.54) is 32.4 Å². The summed E-state index contributed by atoms with van der Waals surface area (Å²) < 4.78 is 5.09. The Morgan fingerprint density at radius 1 is 1.38 bits per heavy atom. The van der Waals surface area contributed by atoms with Gasteiger partial charge < -0.3 is 15.0 Å². The average molecular weight is 226 g/mol. The molecule has 1 saturated heterocycles. The normalized spacial score (nSPS) is 33.6. The zero-order valence-electron chi connectivity index (χ0n) is 10.7. The zero-order valence-corrected chi connectivity index (χ0v) is 10.7. The molecule has 0 spiro atoms. The lowest BCUT2D eigenvalue weighted by Gasteiger charge is -2.25. The number of likely N-dealkylation sites (N-methyl/N-ethyl adjacent to an activating group) is 1. The van der Waals surface area contributed by atoms with Gasteiger partial charge in [-0.05, 0) is 44.7 Å². The van der Waals surface area contributed by atoms with Crippen LogP contribution in [0.5, 0.6) is 0 Å². The number of hydrogen-bond donors (Lipinski definition) is 1. The summed E-state index contributed by atoms with van der Waals surface area (Å²) in [6.07, 6.45) is 5.52. The van der Waals surface area contributed by atoms with Crippen LogP contribution < -0.4 is 5.32 Å². The van der Waals surface area contributed by atoms with Crippen molar-refractivity contribution in [3.05, 3.63) is 0 Å². The number of hydrogen-bond acceptors (Lipinski definition) is 3. The molecule has 0 aromatic heterocycles. The third-order valence-electron chi connectivity index (χ3n) is 4.27. The van der Waals surface area contributed by atoms with E-state index >= 15 is 0 Å². The summed E-state index contributed by atoms with van der Waals surface area (Å²) in [7, 11) is 4.02. The van der Waals surface area contributed by atoms with Crippen LogP contribution in [0.2, 0.25) is 0 Å². The van der Waals surface area contributed by atoms with Gasteiger partial charge in [-0.15, -0.1) is 0 Å². The van der Waals surface area contributed by atoms with Crippen LogP contribution in [0.25, 0.3) is 0 Å². The zero-order chi connectivity index (χ0) is 11.4. The molecule has 3 atom stereocenters. The first-order valence-electron chi connectivity index (χ1n) is 6.72. The molecular weight excluding hydrogens is 200 g/mol. The minimum Gasteiger partial charge on any atom is -0.385 e. The lowest BCUT2D eigenvalue weighted by atomic mass is 9.94. The maximum absolute atomic E-state index is 5.09. The molecule has 1 heterocycles. The van der Waals surface area contributed by atoms with E-state index in [-0.39, 0.29) is 0 Å². The summed E-state index contributed by atoms with van der Waals surface area (Å²) in [4.78, 5) is 2.46. The molecule has 0 aromatic rings. The van der Waals surface area contributed by atoms with Crippen molar-refractivity contribution >= 4 is 0 Å². The van der Waals surface area contributed by atoms with E-state index < -0.39 is 0 Å². The lowest BCUT2D eigenvalue weighted by molar-refractivity contribution is 0.174. The van der Waals surface area contributed by atoms with Crippen LogP contribution in [-0.2, 0) is 4.74 Å². The van der Waals surface area contributed by atoms with Gasteiger partial charge in [-0.1, -0.05) is 6.42 Å². The van der Waals surface area contributed by atoms with E-state index in [1.54, 1.807) is 7.11 Å². The van der Waals surface area contributed by atoms with Crippen molar-refractivity contribution in [2.45, 2.75) is 31.7 Å². The Labute approximate surface area is 99.5 Å². The SMILES string of the molecule is COCCCN(C)CC1NCC2CCCC21. The molecular formula is C13H26N2O. The Bertz CT molecular complexity index is 210. The minimum absolute atomic E-state index is 0.750. The molecule has 94 valence electrons. The molecule has 1 aliphatic heterocycles. The first-order valence-corrected chi connectivity index (χ1v) is 6.72. The standard InChI is InChI=1S/C13H26N2O/c1-15(7-4-8-16-2)10-13-12-6-3-5-11(12)9-14-13/h11-14H,3-10H2,1-2H3. The predicted octanol–water partition coefficient (Wildman–Crippen LogP) is 1.34. The van der Waals surface area contributed by atoms with Gasteiger partial charge in [-0.2, -0.15) is 0 Å². The molecule has 0 amide bonds. The topological polar surface area (TPSA) is 24.5 Å². The largest absolute Gasteiger partial charge is 0.385 e. The molecule has 0 radical (unpaired) electrons. The van der Waals surface area contributed by atoms with Gasteiger partial charge in [0.05, 0.1) is 0 Å². The Morgan fingerprint density at radius 3 is 3.06 bits per heavy atom. The molecule has 0 aromatic carbocycles. The number of nitrogens with zero attached hydrogens (tertiary/aromatic N) is 1. The Balaban J connectivity index is 1.68. The molecule has 2 rings (SSSR count). The van der Waals surface area contributed by atoms with Crippen LogP contribution in [0.3, 0.4) is 0 Å². The van der Waals surface area contributed by atoms with Gasteiger partial charge in [-0.25, -0.2) is 0 Å². The third kappa shape index (κ3) is 2.96. The number of nitrogens with one attached hydrogen (secondary N) is 1. The van der Waals surface area contributed by atoms with Crippen LogP contribution in [0.1, 0.15) is 25.7 Å². The fourth-order valence-electron chi connectivity index (χ4n) is 3.41. The van der Waals surface area contributed by atoms with Crippen molar-refractivity contribution in [1.82, 2.24) is 10.2 Å². The molecule has 3 heteroatoms. The van der Waals surface area contributed by atoms with Gasteiger partial charge in [-0.3, -0.25) is 0 Å². The summed E-state index contributed by atoms with van der Waals surface area (Å²) >= 11 is 0. The second kappa shape index (κ2) is 5.99. The summed E-state index contributed by atoms with van der Waals surface area (Å²) in [5.41, 5.74) is 0. The lowest BCUT2D eigenvalue weighted by Crippen LogP contribution is -2.39. The molecule has 1 saturated carbocycles. The smallest absolute Gasteiger partial charge is 0.0474 e. The van der Waals surface area contributed by atoms with E-state index in [9.17, 15) is 0 Å². The van der Waals surface area contributed by atoms with Crippen molar-refractivity contribution in [1.29, 1.82) is 0 Å². The van der Waals surface area contributed by atoms with Crippen LogP contribution in [0.15, 0.2) is 0 Å². The average Bonchev–Trinajstić information content (AvgIpc) is 2.83. The molecule has 2 fully saturated rings. The van der Waals surface area contributed by atoms with Gasteiger partial charge in [0.15, 0.2) is 0 Å². The second-order valence-electron chi connectivity index (χ2n) is 5.48. The van der Waals surface area contributed by atoms with Crippen LogP contribution >= 0.6 is 0 Å². The highest BCUT2D eigenvalue weighted by Crippen LogP contribution is 2.37. The number of rotatable bonds is 6. The molecule has 3 nitrogen and oxygen atoms in total. The molecule has 1 aliphatic carbocycles. The van der Waals surface area contributed by atoms with E-state index in [2.05, 4.69) is 17.3 Å². The summed E-state index contributed by atoms with van der Waals surface area (Å²) in [6.45, 7) is 4.52. The number of ether oxygens (including phenoxy) is 1. The highest BCUT2D eigenvalue weighted by molar-refractivity contribution is 4.95. The molecule has 0 bridgehead atoms. The van der Waals surface area contributed by atoms with Crippen LogP contribution in [-0.4, -0.2) is 51.3 Å². The van der Waals surface area contributed by atoms with Gasteiger partial charge in [0, 0.05) is 32.8 Å². The fourth-order valence-corrected chi connectivity index (χ4v) is 3.41. The summed E-state index contributed by atoms with van der Waals surface area (Å²) in [6, 6.07) is 0.750. The molecule has 3 unspecified atom stereocenters. The van der Waals surface area contributed by atoms with Crippen LogP contribution in [0, 0.1) is 11.8 Å². The van der Waals surface area contributed by atoms with E-state index in [4.69, 9.17) is 4.74 Å². The predicted molar refractivity (Wildman–Crippen MR) is 66.6 cm³/mol. The fraction of sp³-hybridized carbons (Fsp3) is 1.00. The first kappa shape index (κ1) is 12.3. The molecule has 2 aliphatic rings. The Hall–Kier alpha value is -0.120. The van der Waals surface area contributed by atoms with Crippen molar-refractivity contribution < 1.29 is 4.74 Å². The van der Waals surface area contributed by atoms with Crippen molar-refractivity contribution in [3.8, 4) is 0 Å².